The van der Waals surface area contributed by atoms with Crippen molar-refractivity contribution in [2.75, 3.05) is 11.1 Å². The molecule has 2 N–H and O–H groups in total. The summed E-state index contributed by atoms with van der Waals surface area (Å²) in [5.74, 6) is -1.08. The molecule has 0 aliphatic rings. The molecule has 0 saturated heterocycles. The molecule has 0 saturated carbocycles. The number of thioether (sulfide) groups is 1. The van der Waals surface area contributed by atoms with Crippen LogP contribution < -0.4 is 5.32 Å². The van der Waals surface area contributed by atoms with Gasteiger partial charge >= 0.3 is 5.97 Å². The number of nitrogens with one attached hydrogen (secondary N) is 1. The minimum atomic E-state index is -0.923. The van der Waals surface area contributed by atoms with E-state index >= 15 is 0 Å². The van der Waals surface area contributed by atoms with Gasteiger partial charge in [-0.25, -0.2) is 4.98 Å². The summed E-state index contributed by atoms with van der Waals surface area (Å²) in [6, 6.07) is 9.68. The molecule has 2 rings (SSSR count). The third-order valence-corrected chi connectivity index (χ3v) is 4.52. The topological polar surface area (TPSA) is 79.3 Å². The van der Waals surface area contributed by atoms with Crippen LogP contribution in [-0.2, 0) is 9.59 Å². The summed E-state index contributed by atoms with van der Waals surface area (Å²) in [4.78, 5) is 26.7. The smallest absolute Gasteiger partial charge is 0.316 e. The number of nitrogens with zero attached hydrogens (tertiary/aromatic N) is 1. The van der Waals surface area contributed by atoms with Crippen molar-refractivity contribution >= 4 is 40.1 Å². The number of thiazole rings is 1. The highest BCUT2D eigenvalue weighted by atomic mass is 32.2. The molecule has 1 aromatic heterocycles. The zero-order valence-electron chi connectivity index (χ0n) is 11.3. The number of amides is 1. The van der Waals surface area contributed by atoms with Gasteiger partial charge in [-0.2, -0.15) is 0 Å². The molecule has 0 bridgehead atoms. The van der Waals surface area contributed by atoms with Crippen LogP contribution in [0.1, 0.15) is 6.92 Å². The van der Waals surface area contributed by atoms with E-state index in [1.807, 2.05) is 35.7 Å². The first-order valence-electron chi connectivity index (χ1n) is 6.21. The predicted molar refractivity (Wildman–Crippen MR) is 85.7 cm³/mol. The van der Waals surface area contributed by atoms with Gasteiger partial charge in [0.2, 0.25) is 5.91 Å². The van der Waals surface area contributed by atoms with Crippen LogP contribution in [0.4, 0.5) is 5.13 Å². The molecule has 0 aliphatic heterocycles. The third-order valence-electron chi connectivity index (χ3n) is 2.63. The lowest BCUT2D eigenvalue weighted by Crippen LogP contribution is -2.19. The van der Waals surface area contributed by atoms with Crippen molar-refractivity contribution < 1.29 is 14.7 Å². The van der Waals surface area contributed by atoms with Crippen LogP contribution in [0.25, 0.3) is 11.3 Å². The quantitative estimate of drug-likeness (QED) is 0.855. The van der Waals surface area contributed by atoms with Gasteiger partial charge in [-0.3, -0.25) is 9.59 Å². The first kappa shape index (κ1) is 15.5. The fourth-order valence-corrected chi connectivity index (χ4v) is 2.85. The molecule has 1 amide bonds. The Morgan fingerprint density at radius 3 is 2.76 bits per heavy atom. The largest absolute Gasteiger partial charge is 0.480 e. The Bertz CT molecular complexity index is 628. The summed E-state index contributed by atoms with van der Waals surface area (Å²) in [6.45, 7) is 1.55. The fourth-order valence-electron chi connectivity index (χ4n) is 1.50. The second-order valence-corrected chi connectivity index (χ2v) is 6.43. The van der Waals surface area contributed by atoms with Gasteiger partial charge in [-0.05, 0) is 6.92 Å². The maximum atomic E-state index is 11.7. The normalized spacial score (nSPS) is 11.9. The lowest BCUT2D eigenvalue weighted by molar-refractivity contribution is -0.136. The number of rotatable bonds is 6. The van der Waals surface area contributed by atoms with Crippen LogP contribution in [0.3, 0.4) is 0 Å². The molecule has 0 aliphatic carbocycles. The van der Waals surface area contributed by atoms with Gasteiger partial charge in [0.1, 0.15) is 0 Å². The lowest BCUT2D eigenvalue weighted by Gasteiger charge is -2.05. The van der Waals surface area contributed by atoms with Gasteiger partial charge in [0.15, 0.2) is 5.13 Å². The number of hydrogen-bond acceptors (Lipinski definition) is 5. The molecule has 1 aromatic carbocycles. The van der Waals surface area contributed by atoms with E-state index in [1.54, 1.807) is 6.92 Å². The average molecular weight is 322 g/mol. The summed E-state index contributed by atoms with van der Waals surface area (Å²) < 4.78 is 0. The Balaban J connectivity index is 1.91. The number of aliphatic carboxylic acids is 1. The van der Waals surface area contributed by atoms with Gasteiger partial charge in [0.25, 0.3) is 0 Å². The maximum Gasteiger partial charge on any atom is 0.316 e. The van der Waals surface area contributed by atoms with E-state index in [1.165, 1.54) is 11.3 Å². The van der Waals surface area contributed by atoms with E-state index in [4.69, 9.17) is 5.11 Å². The Morgan fingerprint density at radius 2 is 2.10 bits per heavy atom. The molecule has 2 aromatic rings. The van der Waals surface area contributed by atoms with Crippen LogP contribution in [0.2, 0.25) is 0 Å². The predicted octanol–water partition coefficient (Wildman–Crippen LogP) is 2.95. The zero-order valence-corrected chi connectivity index (χ0v) is 12.9. The molecule has 21 heavy (non-hydrogen) atoms. The van der Waals surface area contributed by atoms with E-state index in [0.717, 1.165) is 23.0 Å². The van der Waals surface area contributed by atoms with Crippen molar-refractivity contribution in [2.24, 2.45) is 0 Å². The van der Waals surface area contributed by atoms with Gasteiger partial charge in [-0.15, -0.1) is 23.1 Å². The number of carbonyl (C=O) groups excluding carboxylic acids is 1. The second kappa shape index (κ2) is 7.24. The number of hydrogen-bond donors (Lipinski definition) is 2. The standard InChI is InChI=1S/C14H14N2O3S2/c1-9(13(18)19)20-8-12(17)16-14-15-11(7-21-14)10-5-3-2-4-6-10/h2-7,9H,8H2,1H3,(H,18,19)(H,15,16,17)/t9-/m0/s1. The molecule has 5 nitrogen and oxygen atoms in total. The van der Waals surface area contributed by atoms with Crippen LogP contribution in [-0.4, -0.2) is 33.0 Å². The minimum Gasteiger partial charge on any atom is -0.480 e. The summed E-state index contributed by atoms with van der Waals surface area (Å²) in [7, 11) is 0. The third kappa shape index (κ3) is 4.57. The summed E-state index contributed by atoms with van der Waals surface area (Å²) in [5, 5.41) is 13.2. The first-order chi connectivity index (χ1) is 10.1. The zero-order chi connectivity index (χ0) is 15.2. The van der Waals surface area contributed by atoms with Gasteiger partial charge in [-0.1, -0.05) is 30.3 Å². The van der Waals surface area contributed by atoms with E-state index in [2.05, 4.69) is 10.3 Å². The molecule has 1 heterocycles. The van der Waals surface area contributed by atoms with Crippen molar-refractivity contribution in [1.29, 1.82) is 0 Å². The van der Waals surface area contributed by atoms with Crippen molar-refractivity contribution in [1.82, 2.24) is 4.98 Å². The molecule has 0 unspecified atom stereocenters. The Morgan fingerprint density at radius 1 is 1.38 bits per heavy atom. The summed E-state index contributed by atoms with van der Waals surface area (Å²) in [5.41, 5.74) is 1.80. The highest BCUT2D eigenvalue weighted by Gasteiger charge is 2.14. The van der Waals surface area contributed by atoms with Gasteiger partial charge in [0.05, 0.1) is 16.7 Å². The molecule has 0 fully saturated rings. The number of carboxylic acids is 1. The van der Waals surface area contributed by atoms with Crippen LogP contribution >= 0.6 is 23.1 Å². The van der Waals surface area contributed by atoms with Crippen LogP contribution in [0, 0.1) is 0 Å². The Kier molecular flexibility index (Phi) is 5.35. The Hall–Kier alpha value is -1.86. The number of carboxylic acid groups (broad SMARTS) is 1. The van der Waals surface area contributed by atoms with E-state index < -0.39 is 11.2 Å². The Labute approximate surface area is 130 Å². The second-order valence-electron chi connectivity index (χ2n) is 4.24. The molecule has 1 atom stereocenters. The summed E-state index contributed by atoms with van der Waals surface area (Å²) in [6.07, 6.45) is 0. The van der Waals surface area contributed by atoms with Crippen molar-refractivity contribution in [3.05, 3.63) is 35.7 Å². The molecular formula is C14H14N2O3S2. The average Bonchev–Trinajstić information content (AvgIpc) is 2.94. The molecule has 110 valence electrons. The number of aromatic nitrogens is 1. The van der Waals surface area contributed by atoms with Crippen LogP contribution in [0.15, 0.2) is 35.7 Å². The molecule has 0 spiro atoms. The first-order valence-corrected chi connectivity index (χ1v) is 8.14. The van der Waals surface area contributed by atoms with Crippen LogP contribution in [0.5, 0.6) is 0 Å². The number of carbonyl (C=O) groups is 2. The lowest BCUT2D eigenvalue weighted by atomic mass is 10.2. The highest BCUT2D eigenvalue weighted by Crippen LogP contribution is 2.24. The van der Waals surface area contributed by atoms with Gasteiger partial charge < -0.3 is 10.4 Å². The maximum absolute atomic E-state index is 11.7. The monoisotopic (exact) mass is 322 g/mol. The van der Waals surface area contributed by atoms with E-state index in [-0.39, 0.29) is 11.7 Å². The van der Waals surface area contributed by atoms with Gasteiger partial charge in [0, 0.05) is 10.9 Å². The van der Waals surface area contributed by atoms with Crippen molar-refractivity contribution in [3.8, 4) is 11.3 Å². The summed E-state index contributed by atoms with van der Waals surface area (Å²) >= 11 is 2.42. The SMILES string of the molecule is C[C@H](SCC(=O)Nc1nc(-c2ccccc2)cs1)C(=O)O. The van der Waals surface area contributed by atoms with Crippen molar-refractivity contribution in [2.45, 2.75) is 12.2 Å². The van der Waals surface area contributed by atoms with Crippen molar-refractivity contribution in [3.63, 3.8) is 0 Å². The molecular weight excluding hydrogens is 308 g/mol. The number of anilines is 1. The molecule has 0 radical (unpaired) electrons. The van der Waals surface area contributed by atoms with E-state index in [9.17, 15) is 9.59 Å². The fraction of sp³-hybridized carbons (Fsp3) is 0.214. The molecule has 7 heteroatoms. The highest BCUT2D eigenvalue weighted by molar-refractivity contribution is 8.01. The van der Waals surface area contributed by atoms with E-state index in [0.29, 0.717) is 5.13 Å². The number of benzene rings is 1. The minimum absolute atomic E-state index is 0.0910.